The fraction of sp³-hybridized carbons (Fsp3) is 0.302. The monoisotopic (exact) mass is 1730 g/mol. The predicted molar refractivity (Wildman–Crippen MR) is 541 cm³/mol. The number of rotatable bonds is 4. The smallest absolute Gasteiger partial charge is 0.151 e. The summed E-state index contributed by atoms with van der Waals surface area (Å²) in [5.41, 5.74) is 51.7. The van der Waals surface area contributed by atoms with E-state index in [1.807, 2.05) is 230 Å². The number of aromatic amines is 3. The number of fused-ring (bicyclic) bond motifs is 11. The van der Waals surface area contributed by atoms with Crippen LogP contribution in [-0.4, -0.2) is 93.3 Å². The second-order valence-corrected chi connectivity index (χ2v) is 28.9. The minimum absolute atomic E-state index is 0.491. The molecule has 0 spiro atoms. The number of nitrogens with one attached hydrogen (secondary N) is 3. The fourth-order valence-electron chi connectivity index (χ4n) is 16.5. The van der Waals surface area contributed by atoms with Crippen LogP contribution in [0.25, 0.3) is 77.0 Å². The lowest BCUT2D eigenvalue weighted by Crippen LogP contribution is -1.98. The zero-order valence-electron chi connectivity index (χ0n) is 79.3. The Morgan fingerprint density at radius 3 is 0.837 bits per heavy atom. The summed E-state index contributed by atoms with van der Waals surface area (Å²) in [5, 5.41) is 10.3. The summed E-state index contributed by atoms with van der Waals surface area (Å²) < 4.78 is 8.18. The van der Waals surface area contributed by atoms with Gasteiger partial charge in [-0.3, -0.25) is 5.10 Å². The van der Waals surface area contributed by atoms with Gasteiger partial charge in [0.2, 0.25) is 0 Å². The lowest BCUT2D eigenvalue weighted by molar-refractivity contribution is 0.741. The molecule has 23 nitrogen and oxygen atoms in total. The molecule has 0 atom stereocenters. The minimum Gasteiger partial charge on any atom is -0.382 e. The van der Waals surface area contributed by atoms with E-state index in [9.17, 15) is 0 Å². The Morgan fingerprint density at radius 2 is 0.550 bits per heavy atom. The van der Waals surface area contributed by atoms with Crippen molar-refractivity contribution in [3.63, 3.8) is 0 Å². The van der Waals surface area contributed by atoms with Gasteiger partial charge in [-0.2, -0.15) is 5.10 Å². The molecule has 23 rings (SSSR count). The molecule has 23 heteroatoms. The highest BCUT2D eigenvalue weighted by molar-refractivity contribution is 5.91. The van der Waals surface area contributed by atoms with E-state index in [4.69, 9.17) is 22.9 Å². The van der Waals surface area contributed by atoms with Crippen LogP contribution in [0.1, 0.15) is 201 Å². The molecule has 13 heterocycles. The van der Waals surface area contributed by atoms with Crippen molar-refractivity contribution in [3.8, 4) is 0 Å². The van der Waals surface area contributed by atoms with Gasteiger partial charge < -0.3 is 51.2 Å². The van der Waals surface area contributed by atoms with Gasteiger partial charge in [-0.15, -0.1) is 0 Å². The summed E-state index contributed by atoms with van der Waals surface area (Å²) in [6.45, 7) is 32.0. The molecule has 129 heavy (non-hydrogen) atoms. The van der Waals surface area contributed by atoms with Crippen molar-refractivity contribution in [1.29, 1.82) is 0 Å². The number of anilines is 4. The molecule has 11 N–H and O–H groups in total. The number of hydrogen-bond donors (Lipinski definition) is 7. The topological polar surface area (TPSA) is 326 Å². The predicted octanol–water partition coefficient (Wildman–Crippen LogP) is 23.7. The molecule has 0 unspecified atom stereocenters. The Bertz CT molecular complexity index is 5560. The lowest BCUT2D eigenvalue weighted by atomic mass is 9.98. The molecule has 0 saturated heterocycles. The largest absolute Gasteiger partial charge is 0.382 e. The maximum atomic E-state index is 5.98. The molecule has 6 aromatic carbocycles. The maximum Gasteiger partial charge on any atom is 0.151 e. The molecule has 0 radical (unpaired) electrons. The van der Waals surface area contributed by atoms with E-state index >= 15 is 0 Å². The van der Waals surface area contributed by atoms with Gasteiger partial charge in [-0.25, -0.2) is 54.8 Å². The molecule has 674 valence electrons. The van der Waals surface area contributed by atoms with Gasteiger partial charge in [-0.05, 0) is 167 Å². The average Bonchev–Trinajstić information content (AvgIpc) is 1.63. The quantitative estimate of drug-likeness (QED) is 0.0861. The first kappa shape index (κ1) is 100. The Kier molecular flexibility index (Phi) is 40.4. The van der Waals surface area contributed by atoms with Crippen molar-refractivity contribution in [1.82, 2.24) is 93.3 Å². The Hall–Kier alpha value is -14.2. The van der Waals surface area contributed by atoms with Gasteiger partial charge in [0, 0.05) is 123 Å². The van der Waals surface area contributed by atoms with Gasteiger partial charge >= 0.3 is 0 Å². The fourth-order valence-corrected chi connectivity index (χ4v) is 16.5. The highest BCUT2D eigenvalue weighted by atomic mass is 15.1. The second-order valence-electron chi connectivity index (χ2n) is 28.9. The first-order valence-electron chi connectivity index (χ1n) is 45.8. The van der Waals surface area contributed by atoms with E-state index in [1.54, 1.807) is 50.0 Å². The minimum atomic E-state index is 0.491. The summed E-state index contributed by atoms with van der Waals surface area (Å²) in [5.74, 6) is 4.18. The summed E-state index contributed by atoms with van der Waals surface area (Å²) in [4.78, 5) is 51.8. The van der Waals surface area contributed by atoms with Crippen LogP contribution in [0.2, 0.25) is 0 Å². The molecule has 13 aromatic heterocycles. The zero-order chi connectivity index (χ0) is 93.3. The highest BCUT2D eigenvalue weighted by Crippen LogP contribution is 2.42. The van der Waals surface area contributed by atoms with E-state index < -0.39 is 0 Å². The number of nitrogen functional groups attached to an aromatic ring is 4. The molecule has 0 bridgehead atoms. The Morgan fingerprint density at radius 1 is 0.271 bits per heavy atom. The molecular weight excluding hydrogens is 1600 g/mol. The van der Waals surface area contributed by atoms with Crippen molar-refractivity contribution in [2.24, 2.45) is 28.2 Å². The van der Waals surface area contributed by atoms with E-state index in [2.05, 4.69) is 215 Å². The molecule has 4 aliphatic carbocycles. The molecule has 0 saturated carbocycles. The van der Waals surface area contributed by atoms with Crippen LogP contribution in [0.15, 0.2) is 270 Å². The number of aromatic nitrogens is 19. The number of hydrogen-bond acceptors (Lipinski definition) is 16. The van der Waals surface area contributed by atoms with Crippen molar-refractivity contribution in [2.45, 2.75) is 186 Å². The number of pyridine rings is 1. The summed E-state index contributed by atoms with van der Waals surface area (Å²) in [6, 6.07) is 60.8. The van der Waals surface area contributed by atoms with Crippen LogP contribution in [-0.2, 0) is 79.6 Å². The van der Waals surface area contributed by atoms with E-state index in [0.29, 0.717) is 46.9 Å². The molecule has 0 aliphatic heterocycles. The third-order valence-corrected chi connectivity index (χ3v) is 21.8. The first-order valence-corrected chi connectivity index (χ1v) is 45.8. The molecular formula is C106H135N23. The SMILES string of the molecule is CC.CC.CC.CC.CC.CC.CC.CC.Cn1cc(C2Cc3ccccc3C2)c2ncnc(N)c21.Cn1cc(C2Cc3ccccc3C2)c2ncnc(N)c21.Cn1cc(C2Cc3ccccc3C2)c2ncnc(N)c21.Cn1cc(C2Cc3ccccc3C2)c2ncnc(N)c21.c1ccc2[nH]ccc2c1.c1ccc2[nH]ncc2c1.c1cnc2[nH]ccc2c1.c1cncnc1. The Balaban J connectivity index is 0.000000182. The van der Waals surface area contributed by atoms with Gasteiger partial charge in [0.1, 0.15) is 59.4 Å². The summed E-state index contributed by atoms with van der Waals surface area (Å²) >= 11 is 0. The normalized spacial score (nSPS) is 12.1. The summed E-state index contributed by atoms with van der Waals surface area (Å²) in [7, 11) is 8.03. The van der Waals surface area contributed by atoms with Crippen molar-refractivity contribution in [2.75, 3.05) is 22.9 Å². The van der Waals surface area contributed by atoms with E-state index in [0.717, 1.165) is 117 Å². The van der Waals surface area contributed by atoms with Gasteiger partial charge in [0.25, 0.3) is 0 Å². The number of H-pyrrole nitrogens is 3. The Labute approximate surface area is 762 Å². The molecule has 19 aromatic rings. The zero-order valence-corrected chi connectivity index (χ0v) is 79.3. The van der Waals surface area contributed by atoms with Crippen molar-refractivity contribution >= 4 is 100 Å². The van der Waals surface area contributed by atoms with Crippen molar-refractivity contribution < 1.29 is 0 Å². The van der Waals surface area contributed by atoms with Crippen LogP contribution in [0.5, 0.6) is 0 Å². The highest BCUT2D eigenvalue weighted by Gasteiger charge is 2.31. The second kappa shape index (κ2) is 52.0. The average molecular weight is 1730 g/mol. The summed E-state index contributed by atoms with van der Waals surface area (Å²) in [6.07, 6.45) is 35.8. The number of nitrogens with two attached hydrogens (primary N) is 4. The van der Waals surface area contributed by atoms with Crippen LogP contribution in [0.4, 0.5) is 23.3 Å². The van der Waals surface area contributed by atoms with E-state index in [-0.39, 0.29) is 0 Å². The maximum absolute atomic E-state index is 5.98. The van der Waals surface area contributed by atoms with Crippen LogP contribution >= 0.6 is 0 Å². The third kappa shape index (κ3) is 24.9. The van der Waals surface area contributed by atoms with Crippen LogP contribution in [0.3, 0.4) is 0 Å². The molecule has 0 amide bonds. The molecule has 4 aliphatic rings. The van der Waals surface area contributed by atoms with Crippen LogP contribution in [0, 0.1) is 0 Å². The third-order valence-electron chi connectivity index (χ3n) is 21.8. The number of aryl methyl sites for hydroxylation is 4. The van der Waals surface area contributed by atoms with Gasteiger partial charge in [-0.1, -0.05) is 244 Å². The number of nitrogens with zero attached hydrogens (tertiary/aromatic N) is 16. The van der Waals surface area contributed by atoms with Crippen LogP contribution < -0.4 is 22.9 Å². The first-order chi connectivity index (χ1) is 63.3. The van der Waals surface area contributed by atoms with Gasteiger partial charge in [0.15, 0.2) is 23.3 Å². The van der Waals surface area contributed by atoms with E-state index in [1.165, 1.54) is 84.0 Å². The molecule has 0 fully saturated rings. The standard InChI is InChI=1S/4C16H16N4.C8H7N.2C7H6N2.C4H4N2.8C2H6/c4*1-20-8-13(14-15(20)16(17)19-9-18-14)12-6-10-4-2-3-5-11(10)7-12;1-2-4-8-7(3-1)5-6-9-8;1-2-6-3-5-9-7(6)8-4-1;1-2-4-7-6(3-1)5-8-9-7;1-2-5-4-6-3-1;8*1-2/h4*2-5,8-9,12H,6-7H2,1H3,(H2,17,18,19);1-6,9H;2*1-5H,(H,8,9);1-4H;8*1-2H3. The number of para-hydroxylation sites is 2. The van der Waals surface area contributed by atoms with Gasteiger partial charge in [0.05, 0.1) is 33.8 Å². The van der Waals surface area contributed by atoms with Crippen molar-refractivity contribution in [3.05, 3.63) is 336 Å². The lowest BCUT2D eigenvalue weighted by Gasteiger charge is -2.06. The number of benzene rings is 6.